The van der Waals surface area contributed by atoms with Gasteiger partial charge in [-0.2, -0.15) is 0 Å². The first-order valence-corrected chi connectivity index (χ1v) is 5.37. The van der Waals surface area contributed by atoms with Gasteiger partial charge >= 0.3 is 0 Å². The summed E-state index contributed by atoms with van der Waals surface area (Å²) in [4.78, 5) is 0.565. The second-order valence-electron chi connectivity index (χ2n) is 4.19. The van der Waals surface area contributed by atoms with Crippen LogP contribution in [0.1, 0.15) is 18.1 Å². The summed E-state index contributed by atoms with van der Waals surface area (Å²) in [5.74, 6) is 0.0566. The van der Waals surface area contributed by atoms with Crippen molar-refractivity contribution in [3.63, 3.8) is 0 Å². The lowest BCUT2D eigenvalue weighted by atomic mass is 10.0. The molecule has 3 nitrogen and oxygen atoms in total. The minimum atomic E-state index is -0.517. The van der Waals surface area contributed by atoms with Crippen LogP contribution in [-0.4, -0.2) is 10.6 Å². The minimum absolute atomic E-state index is 0.0566. The van der Waals surface area contributed by atoms with Crippen molar-refractivity contribution < 1.29 is 5.11 Å². The maximum atomic E-state index is 9.92. The van der Waals surface area contributed by atoms with Crippen molar-refractivity contribution in [1.82, 2.24) is 0 Å². The number of hydrogen-bond acceptors (Lipinski definition) is 4. The van der Waals surface area contributed by atoms with Gasteiger partial charge in [-0.25, -0.2) is 0 Å². The number of phenols is 1. The lowest BCUT2D eigenvalue weighted by molar-refractivity contribution is 0.475. The molecule has 4 heteroatoms. The Bertz CT molecular complexity index is 504. The Balaban J connectivity index is 2.69. The van der Waals surface area contributed by atoms with E-state index in [4.69, 9.17) is 11.5 Å². The van der Waals surface area contributed by atoms with Crippen LogP contribution in [0.15, 0.2) is 23.1 Å². The number of aromatic hydroxyl groups is 1. The third-order valence-electron chi connectivity index (χ3n) is 2.62. The van der Waals surface area contributed by atoms with Gasteiger partial charge in [0.2, 0.25) is 0 Å². The molecule has 5 N–H and O–H groups in total. The van der Waals surface area contributed by atoms with E-state index >= 15 is 0 Å². The zero-order valence-corrected chi connectivity index (χ0v) is 9.83. The Morgan fingerprint density at radius 2 is 1.94 bits per heavy atom. The number of nitrogens with two attached hydrogens (primary N) is 2. The lowest BCUT2D eigenvalue weighted by Gasteiger charge is -2.12. The first-order valence-electron chi connectivity index (χ1n) is 4.92. The van der Waals surface area contributed by atoms with Gasteiger partial charge in [0.25, 0.3) is 0 Å². The van der Waals surface area contributed by atoms with E-state index in [0.29, 0.717) is 16.1 Å². The Morgan fingerprint density at radius 3 is 2.62 bits per heavy atom. The number of rotatable bonds is 0. The third-order valence-corrected chi connectivity index (χ3v) is 2.99. The lowest BCUT2D eigenvalue weighted by Crippen LogP contribution is -2.29. The second kappa shape index (κ2) is 3.57. The average molecular weight is 234 g/mol. The molecule has 0 aromatic heterocycles. The van der Waals surface area contributed by atoms with Crippen molar-refractivity contribution in [1.29, 1.82) is 0 Å². The first-order chi connectivity index (χ1) is 7.41. The van der Waals surface area contributed by atoms with Crippen LogP contribution in [0, 0.1) is 0 Å². The number of anilines is 1. The van der Waals surface area contributed by atoms with Gasteiger partial charge in [0.1, 0.15) is 5.75 Å². The average Bonchev–Trinajstić information content (AvgIpc) is 2.35. The van der Waals surface area contributed by atoms with Crippen molar-refractivity contribution in [2.75, 3.05) is 5.73 Å². The van der Waals surface area contributed by atoms with Crippen molar-refractivity contribution in [2.45, 2.75) is 17.4 Å². The first kappa shape index (κ1) is 11.1. The molecule has 1 atom stereocenters. The molecule has 0 saturated carbocycles. The molecule has 0 radical (unpaired) electrons. The fourth-order valence-electron chi connectivity index (χ4n) is 1.61. The van der Waals surface area contributed by atoms with Gasteiger partial charge in [0.15, 0.2) is 0 Å². The molecule has 84 valence electrons. The highest BCUT2D eigenvalue weighted by molar-refractivity contribution is 7.80. The number of thiol groups is 1. The van der Waals surface area contributed by atoms with E-state index in [0.717, 1.165) is 5.56 Å². The third kappa shape index (κ3) is 1.81. The summed E-state index contributed by atoms with van der Waals surface area (Å²) in [6.07, 6.45) is 7.35. The summed E-state index contributed by atoms with van der Waals surface area (Å²) < 4.78 is 0. The molecule has 1 aliphatic rings. The van der Waals surface area contributed by atoms with E-state index in [9.17, 15) is 5.11 Å². The van der Waals surface area contributed by atoms with Crippen molar-refractivity contribution in [3.8, 4) is 5.75 Å². The molecular weight excluding hydrogens is 220 g/mol. The van der Waals surface area contributed by atoms with Crippen LogP contribution in [0.4, 0.5) is 5.69 Å². The molecule has 0 amide bonds. The van der Waals surface area contributed by atoms with E-state index in [1.165, 1.54) is 0 Å². The number of phenolic OH excluding ortho intramolecular Hbond substituents is 1. The van der Waals surface area contributed by atoms with Crippen molar-refractivity contribution in [3.05, 3.63) is 29.3 Å². The molecule has 0 spiro atoms. The standard InChI is InChI=1S/C12H14N2OS/c1-12(14)4-2-7-6-9(16)10(13)11(15)8(7)3-5-12/h2-6,15-16H,13-14H2,1H3. The van der Waals surface area contributed by atoms with E-state index in [2.05, 4.69) is 12.6 Å². The smallest absolute Gasteiger partial charge is 0.147 e. The summed E-state index contributed by atoms with van der Waals surface area (Å²) >= 11 is 4.21. The number of fused-ring (bicyclic) bond motifs is 1. The quantitative estimate of drug-likeness (QED) is 0.315. The van der Waals surface area contributed by atoms with Crippen LogP contribution < -0.4 is 11.5 Å². The van der Waals surface area contributed by atoms with Gasteiger partial charge in [-0.1, -0.05) is 24.3 Å². The predicted octanol–water partition coefficient (Wildman–Crippen LogP) is 2.02. The molecule has 0 bridgehead atoms. The van der Waals surface area contributed by atoms with Crippen LogP contribution in [0.2, 0.25) is 0 Å². The van der Waals surface area contributed by atoms with Gasteiger partial charge in [-0.3, -0.25) is 0 Å². The maximum absolute atomic E-state index is 9.92. The Labute approximate surface area is 99.9 Å². The van der Waals surface area contributed by atoms with E-state index in [-0.39, 0.29) is 5.75 Å². The molecule has 1 aromatic rings. The van der Waals surface area contributed by atoms with Crippen LogP contribution in [-0.2, 0) is 0 Å². The summed E-state index contributed by atoms with van der Waals surface area (Å²) in [5, 5.41) is 9.92. The predicted molar refractivity (Wildman–Crippen MR) is 70.4 cm³/mol. The van der Waals surface area contributed by atoms with E-state index in [1.807, 2.05) is 31.2 Å². The van der Waals surface area contributed by atoms with Gasteiger partial charge in [-0.15, -0.1) is 12.6 Å². The van der Waals surface area contributed by atoms with Gasteiger partial charge < -0.3 is 16.6 Å². The van der Waals surface area contributed by atoms with Crippen molar-refractivity contribution in [2.24, 2.45) is 5.73 Å². The van der Waals surface area contributed by atoms with Gasteiger partial charge in [0.05, 0.1) is 11.2 Å². The number of hydrogen-bond donors (Lipinski definition) is 4. The molecule has 0 saturated heterocycles. The van der Waals surface area contributed by atoms with Gasteiger partial charge in [-0.05, 0) is 18.6 Å². The van der Waals surface area contributed by atoms with Crippen molar-refractivity contribution >= 4 is 30.5 Å². The molecule has 0 aliphatic heterocycles. The summed E-state index contributed by atoms with van der Waals surface area (Å²) in [6.45, 7) is 1.88. The Kier molecular flexibility index (Phi) is 2.48. The SMILES string of the molecule is CC1(N)C=Cc2cc(S)c(N)c(O)c2C=C1. The molecular formula is C12H14N2OS. The van der Waals surface area contributed by atoms with Crippen LogP contribution in [0.5, 0.6) is 5.75 Å². The van der Waals surface area contributed by atoms with E-state index < -0.39 is 5.54 Å². The molecule has 0 fully saturated rings. The Hall–Kier alpha value is -1.39. The molecule has 1 aliphatic carbocycles. The normalized spacial score (nSPS) is 22.9. The fraction of sp³-hybridized carbons (Fsp3) is 0.167. The van der Waals surface area contributed by atoms with Gasteiger partial charge in [0, 0.05) is 10.5 Å². The zero-order chi connectivity index (χ0) is 11.9. The van der Waals surface area contributed by atoms with Crippen LogP contribution in [0.25, 0.3) is 12.2 Å². The maximum Gasteiger partial charge on any atom is 0.147 e. The molecule has 2 rings (SSSR count). The Morgan fingerprint density at radius 1 is 1.31 bits per heavy atom. The topological polar surface area (TPSA) is 72.3 Å². The largest absolute Gasteiger partial charge is 0.505 e. The van der Waals surface area contributed by atoms with E-state index in [1.54, 1.807) is 6.08 Å². The number of nitrogen functional groups attached to an aromatic ring is 1. The molecule has 1 aromatic carbocycles. The van der Waals surface area contributed by atoms with Crippen LogP contribution in [0.3, 0.4) is 0 Å². The highest BCUT2D eigenvalue weighted by Crippen LogP contribution is 2.37. The highest BCUT2D eigenvalue weighted by atomic mass is 32.1. The fourth-order valence-corrected chi connectivity index (χ4v) is 1.85. The number of benzene rings is 1. The van der Waals surface area contributed by atoms with Crippen LogP contribution >= 0.6 is 12.6 Å². The molecule has 0 heterocycles. The second-order valence-corrected chi connectivity index (χ2v) is 4.68. The monoisotopic (exact) mass is 234 g/mol. The summed E-state index contributed by atoms with van der Waals surface area (Å²) in [6, 6.07) is 1.82. The highest BCUT2D eigenvalue weighted by Gasteiger charge is 2.17. The summed E-state index contributed by atoms with van der Waals surface area (Å²) in [7, 11) is 0. The summed E-state index contributed by atoms with van der Waals surface area (Å²) in [5.41, 5.74) is 13.0. The minimum Gasteiger partial charge on any atom is -0.505 e. The zero-order valence-electron chi connectivity index (χ0n) is 8.94. The molecule has 1 unspecified atom stereocenters. The molecule has 16 heavy (non-hydrogen) atoms.